The number of nitrogens with one attached hydrogen (secondary N) is 1. The van der Waals surface area contributed by atoms with Gasteiger partial charge in [0.1, 0.15) is 5.82 Å². The first-order valence-electron chi connectivity index (χ1n) is 6.06. The molecular formula is C13H18F2N2O. The molecule has 0 spiro atoms. The van der Waals surface area contributed by atoms with Crippen molar-refractivity contribution in [2.75, 3.05) is 20.2 Å². The summed E-state index contributed by atoms with van der Waals surface area (Å²) in [6, 6.07) is 2.27. The largest absolute Gasteiger partial charge is 0.494 e. The minimum atomic E-state index is -0.536. The number of hydrogen-bond donors (Lipinski definition) is 2. The molecule has 5 heteroatoms. The maximum absolute atomic E-state index is 13.6. The summed E-state index contributed by atoms with van der Waals surface area (Å²) in [4.78, 5) is 0. The zero-order valence-corrected chi connectivity index (χ0v) is 10.4. The first kappa shape index (κ1) is 13.2. The smallest absolute Gasteiger partial charge is 0.165 e. The highest BCUT2D eigenvalue weighted by Crippen LogP contribution is 2.30. The van der Waals surface area contributed by atoms with Crippen molar-refractivity contribution in [3.63, 3.8) is 0 Å². The maximum Gasteiger partial charge on any atom is 0.165 e. The van der Waals surface area contributed by atoms with Gasteiger partial charge in [0.25, 0.3) is 0 Å². The average Bonchev–Trinajstić information content (AvgIpc) is 3.07. The van der Waals surface area contributed by atoms with Gasteiger partial charge >= 0.3 is 0 Å². The van der Waals surface area contributed by atoms with Gasteiger partial charge in [-0.1, -0.05) is 0 Å². The van der Waals surface area contributed by atoms with Crippen LogP contribution in [0.3, 0.4) is 0 Å². The number of nitrogens with two attached hydrogens (primary N) is 1. The standard InChI is InChI=1S/C13H18F2N2O/c1-18-12-7-10(14)9(6-11(12)15)2-5-17-8-13(16)3-4-13/h6-7,17H,2-5,8,16H2,1H3. The van der Waals surface area contributed by atoms with Crippen LogP contribution in [0.1, 0.15) is 18.4 Å². The normalized spacial score (nSPS) is 16.7. The number of hydrogen-bond acceptors (Lipinski definition) is 3. The van der Waals surface area contributed by atoms with Crippen LogP contribution in [-0.2, 0) is 6.42 Å². The van der Waals surface area contributed by atoms with E-state index < -0.39 is 11.6 Å². The number of rotatable bonds is 6. The van der Waals surface area contributed by atoms with Gasteiger partial charge in [0.2, 0.25) is 0 Å². The Morgan fingerprint density at radius 3 is 2.67 bits per heavy atom. The van der Waals surface area contributed by atoms with Crippen LogP contribution in [0.25, 0.3) is 0 Å². The second kappa shape index (κ2) is 5.20. The molecule has 1 aromatic carbocycles. The van der Waals surface area contributed by atoms with Crippen LogP contribution < -0.4 is 15.8 Å². The lowest BCUT2D eigenvalue weighted by Crippen LogP contribution is -2.36. The Morgan fingerprint density at radius 1 is 1.33 bits per heavy atom. The molecule has 0 saturated heterocycles. The summed E-state index contributed by atoms with van der Waals surface area (Å²) in [5, 5.41) is 3.17. The molecule has 1 fully saturated rings. The summed E-state index contributed by atoms with van der Waals surface area (Å²) in [5.41, 5.74) is 6.19. The third kappa shape index (κ3) is 3.17. The predicted octanol–water partition coefficient (Wildman–Crippen LogP) is 1.60. The SMILES string of the molecule is COc1cc(F)c(CCNCC2(N)CC2)cc1F. The third-order valence-corrected chi connectivity index (χ3v) is 3.26. The van der Waals surface area contributed by atoms with E-state index in [1.54, 1.807) is 0 Å². The van der Waals surface area contributed by atoms with Gasteiger partial charge in [-0.15, -0.1) is 0 Å². The Balaban J connectivity index is 1.86. The summed E-state index contributed by atoms with van der Waals surface area (Å²) >= 11 is 0. The van der Waals surface area contributed by atoms with Gasteiger partial charge in [-0.3, -0.25) is 0 Å². The van der Waals surface area contributed by atoms with E-state index in [1.807, 2.05) is 0 Å². The highest BCUT2D eigenvalue weighted by molar-refractivity contribution is 5.31. The van der Waals surface area contributed by atoms with Crippen LogP contribution in [0.4, 0.5) is 8.78 Å². The van der Waals surface area contributed by atoms with Gasteiger partial charge < -0.3 is 15.8 Å². The van der Waals surface area contributed by atoms with E-state index in [9.17, 15) is 8.78 Å². The fourth-order valence-corrected chi connectivity index (χ4v) is 1.82. The van der Waals surface area contributed by atoms with Gasteiger partial charge in [-0.25, -0.2) is 8.78 Å². The van der Waals surface area contributed by atoms with E-state index in [-0.39, 0.29) is 11.3 Å². The van der Waals surface area contributed by atoms with Crippen molar-refractivity contribution in [3.8, 4) is 5.75 Å². The molecule has 1 saturated carbocycles. The van der Waals surface area contributed by atoms with E-state index in [1.165, 1.54) is 13.2 Å². The van der Waals surface area contributed by atoms with E-state index in [0.29, 0.717) is 18.5 Å². The van der Waals surface area contributed by atoms with Crippen molar-refractivity contribution in [1.82, 2.24) is 5.32 Å². The summed E-state index contributed by atoms with van der Waals surface area (Å²) in [6.07, 6.45) is 2.50. The molecule has 0 bridgehead atoms. The van der Waals surface area contributed by atoms with Gasteiger partial charge in [0.05, 0.1) is 7.11 Å². The highest BCUT2D eigenvalue weighted by Gasteiger charge is 2.37. The monoisotopic (exact) mass is 256 g/mol. The summed E-state index contributed by atoms with van der Waals surface area (Å²) in [5.74, 6) is -1.04. The Hall–Kier alpha value is -1.20. The topological polar surface area (TPSA) is 47.3 Å². The van der Waals surface area contributed by atoms with Crippen molar-refractivity contribution in [2.24, 2.45) is 5.73 Å². The maximum atomic E-state index is 13.6. The zero-order valence-electron chi connectivity index (χ0n) is 10.4. The van der Waals surface area contributed by atoms with E-state index in [4.69, 9.17) is 10.5 Å². The minimum absolute atomic E-state index is 0.0658. The van der Waals surface area contributed by atoms with Crippen molar-refractivity contribution in [3.05, 3.63) is 29.3 Å². The molecule has 0 radical (unpaired) electrons. The number of benzene rings is 1. The van der Waals surface area contributed by atoms with Crippen molar-refractivity contribution < 1.29 is 13.5 Å². The first-order valence-corrected chi connectivity index (χ1v) is 6.06. The van der Waals surface area contributed by atoms with Crippen LogP contribution in [0, 0.1) is 11.6 Å². The van der Waals surface area contributed by atoms with E-state index in [0.717, 1.165) is 25.5 Å². The van der Waals surface area contributed by atoms with Crippen molar-refractivity contribution in [1.29, 1.82) is 0 Å². The molecule has 0 heterocycles. The van der Waals surface area contributed by atoms with Crippen molar-refractivity contribution in [2.45, 2.75) is 24.8 Å². The minimum Gasteiger partial charge on any atom is -0.494 e. The molecule has 0 atom stereocenters. The zero-order chi connectivity index (χ0) is 13.2. The number of halogens is 2. The van der Waals surface area contributed by atoms with Gasteiger partial charge in [0, 0.05) is 18.2 Å². The summed E-state index contributed by atoms with van der Waals surface area (Å²) in [6.45, 7) is 1.31. The second-order valence-corrected chi connectivity index (χ2v) is 4.87. The van der Waals surface area contributed by atoms with Crippen molar-refractivity contribution >= 4 is 0 Å². The van der Waals surface area contributed by atoms with E-state index >= 15 is 0 Å². The molecule has 0 unspecified atom stereocenters. The fraction of sp³-hybridized carbons (Fsp3) is 0.538. The summed E-state index contributed by atoms with van der Waals surface area (Å²) in [7, 11) is 1.31. The molecule has 3 nitrogen and oxygen atoms in total. The van der Waals surface area contributed by atoms with Gasteiger partial charge in [-0.2, -0.15) is 0 Å². The van der Waals surface area contributed by atoms with E-state index in [2.05, 4.69) is 5.32 Å². The molecule has 100 valence electrons. The second-order valence-electron chi connectivity index (χ2n) is 4.87. The van der Waals surface area contributed by atoms with Crippen LogP contribution in [0.15, 0.2) is 12.1 Å². The Labute approximate surface area is 105 Å². The molecule has 0 amide bonds. The third-order valence-electron chi connectivity index (χ3n) is 3.26. The molecule has 1 aromatic rings. The van der Waals surface area contributed by atoms with Gasteiger partial charge in [0.15, 0.2) is 11.6 Å². The molecule has 1 aliphatic rings. The lowest BCUT2D eigenvalue weighted by atomic mass is 10.1. The first-order chi connectivity index (χ1) is 8.54. The lowest BCUT2D eigenvalue weighted by Gasteiger charge is -2.11. The predicted molar refractivity (Wildman–Crippen MR) is 65.6 cm³/mol. The van der Waals surface area contributed by atoms with Crippen LogP contribution in [0.5, 0.6) is 5.75 Å². The Morgan fingerprint density at radius 2 is 2.06 bits per heavy atom. The van der Waals surface area contributed by atoms with Crippen LogP contribution in [-0.4, -0.2) is 25.7 Å². The molecule has 3 N–H and O–H groups in total. The molecule has 2 rings (SSSR count). The highest BCUT2D eigenvalue weighted by atomic mass is 19.1. The number of ether oxygens (including phenoxy) is 1. The molecule has 0 aliphatic heterocycles. The molecular weight excluding hydrogens is 238 g/mol. The quantitative estimate of drug-likeness (QED) is 0.760. The Kier molecular flexibility index (Phi) is 3.82. The summed E-state index contributed by atoms with van der Waals surface area (Å²) < 4.78 is 31.7. The molecule has 1 aliphatic carbocycles. The molecule has 18 heavy (non-hydrogen) atoms. The molecule has 0 aromatic heterocycles. The fourth-order valence-electron chi connectivity index (χ4n) is 1.82. The number of methoxy groups -OCH3 is 1. The average molecular weight is 256 g/mol. The van der Waals surface area contributed by atoms with Crippen LogP contribution >= 0.6 is 0 Å². The lowest BCUT2D eigenvalue weighted by molar-refractivity contribution is 0.381. The van der Waals surface area contributed by atoms with Gasteiger partial charge in [-0.05, 0) is 37.4 Å². The van der Waals surface area contributed by atoms with Crippen LogP contribution in [0.2, 0.25) is 0 Å². The Bertz CT molecular complexity index is 433.